The molecule has 1 N–H and O–H groups in total. The van der Waals surface area contributed by atoms with Crippen LogP contribution in [0.2, 0.25) is 0 Å². The molecule has 17 heavy (non-hydrogen) atoms. The fourth-order valence-electron chi connectivity index (χ4n) is 2.53. The van der Waals surface area contributed by atoms with Crippen molar-refractivity contribution in [2.24, 2.45) is 5.92 Å². The Balaban J connectivity index is 2.65. The summed E-state index contributed by atoms with van der Waals surface area (Å²) in [6.45, 7) is 7.17. The Morgan fingerprint density at radius 1 is 1.47 bits per heavy atom. The molecule has 0 aliphatic carbocycles. The molecular formula is C13H25NO3. The van der Waals surface area contributed by atoms with Gasteiger partial charge in [0.1, 0.15) is 0 Å². The lowest BCUT2D eigenvalue weighted by molar-refractivity contribution is -0.138. The molecule has 2 atom stereocenters. The average Bonchev–Trinajstić information content (AvgIpc) is 2.75. The molecule has 1 fully saturated rings. The first kappa shape index (κ1) is 14.5. The van der Waals surface area contributed by atoms with Crippen molar-refractivity contribution in [1.29, 1.82) is 0 Å². The lowest BCUT2D eigenvalue weighted by Crippen LogP contribution is -2.45. The van der Waals surface area contributed by atoms with Crippen molar-refractivity contribution in [3.8, 4) is 0 Å². The molecule has 0 aromatic rings. The second kappa shape index (κ2) is 6.97. The van der Waals surface area contributed by atoms with Crippen LogP contribution in [-0.2, 0) is 9.53 Å². The van der Waals surface area contributed by atoms with Crippen LogP contribution in [0.3, 0.4) is 0 Å². The molecule has 0 aromatic heterocycles. The summed E-state index contributed by atoms with van der Waals surface area (Å²) in [4.78, 5) is 14.2. The fourth-order valence-corrected chi connectivity index (χ4v) is 2.53. The van der Waals surface area contributed by atoms with E-state index in [0.717, 1.165) is 19.3 Å². The number of carbonyl (C=O) groups excluding carboxylic acids is 1. The lowest BCUT2D eigenvalue weighted by Gasteiger charge is -2.31. The third-order valence-corrected chi connectivity index (χ3v) is 3.55. The van der Waals surface area contributed by atoms with E-state index in [1.54, 1.807) is 0 Å². The Morgan fingerprint density at radius 3 is 2.53 bits per heavy atom. The first-order valence-corrected chi connectivity index (χ1v) is 6.66. The van der Waals surface area contributed by atoms with Crippen LogP contribution in [0.5, 0.6) is 0 Å². The third-order valence-electron chi connectivity index (χ3n) is 3.55. The first-order chi connectivity index (χ1) is 8.13. The van der Waals surface area contributed by atoms with E-state index in [9.17, 15) is 4.79 Å². The fraction of sp³-hybridized carbons (Fsp3) is 0.923. The van der Waals surface area contributed by atoms with Gasteiger partial charge in [-0.05, 0) is 26.2 Å². The number of carbonyl (C=O) groups is 1. The molecule has 1 amide bonds. The molecule has 1 rings (SSSR count). The molecule has 4 heteroatoms. The van der Waals surface area contributed by atoms with E-state index in [4.69, 9.17) is 9.84 Å². The van der Waals surface area contributed by atoms with E-state index in [1.165, 1.54) is 0 Å². The van der Waals surface area contributed by atoms with Crippen molar-refractivity contribution in [2.45, 2.75) is 52.2 Å². The Kier molecular flexibility index (Phi) is 5.92. The van der Waals surface area contributed by atoms with E-state index in [2.05, 4.69) is 13.8 Å². The Bertz CT molecular complexity index is 241. The van der Waals surface area contributed by atoms with E-state index in [-0.39, 0.29) is 30.6 Å². The number of rotatable bonds is 6. The minimum Gasteiger partial charge on any atom is -0.395 e. The van der Waals surface area contributed by atoms with Crippen LogP contribution in [0.25, 0.3) is 0 Å². The van der Waals surface area contributed by atoms with E-state index >= 15 is 0 Å². The summed E-state index contributed by atoms with van der Waals surface area (Å²) in [5.74, 6) is 0.134. The van der Waals surface area contributed by atoms with Gasteiger partial charge in [0.25, 0.3) is 0 Å². The summed E-state index contributed by atoms with van der Waals surface area (Å²) in [5.41, 5.74) is 0. The number of amides is 1. The summed E-state index contributed by atoms with van der Waals surface area (Å²) in [6.07, 6.45) is 2.86. The minimum absolute atomic E-state index is 0.0165. The molecule has 0 radical (unpaired) electrons. The van der Waals surface area contributed by atoms with Gasteiger partial charge in [0.05, 0.1) is 25.2 Å². The van der Waals surface area contributed by atoms with Crippen LogP contribution in [0.15, 0.2) is 0 Å². The van der Waals surface area contributed by atoms with Crippen LogP contribution in [0.1, 0.15) is 40.0 Å². The highest BCUT2D eigenvalue weighted by molar-refractivity contribution is 5.79. The Hall–Kier alpha value is -0.610. The zero-order valence-electron chi connectivity index (χ0n) is 11.2. The molecule has 0 spiro atoms. The summed E-state index contributed by atoms with van der Waals surface area (Å²) in [5, 5.41) is 9.10. The molecule has 0 aromatic carbocycles. The molecule has 1 aliphatic rings. The number of aliphatic hydroxyl groups excluding tert-OH is 1. The predicted molar refractivity (Wildman–Crippen MR) is 66.7 cm³/mol. The largest absolute Gasteiger partial charge is 0.395 e. The molecule has 2 unspecified atom stereocenters. The van der Waals surface area contributed by atoms with Gasteiger partial charge in [-0.3, -0.25) is 4.79 Å². The molecule has 1 aliphatic heterocycles. The highest BCUT2D eigenvalue weighted by Gasteiger charge is 2.33. The molecular weight excluding hydrogens is 218 g/mol. The standard InChI is InChI=1S/C13H25NO3/c1-4-12(5-2)14(6-7-15)13(16)11-8-10(3)17-9-11/h10-12,15H,4-9H2,1-3H3. The number of aliphatic hydroxyl groups is 1. The maximum Gasteiger partial charge on any atom is 0.228 e. The summed E-state index contributed by atoms with van der Waals surface area (Å²) in [7, 11) is 0. The van der Waals surface area contributed by atoms with Crippen molar-refractivity contribution in [1.82, 2.24) is 4.90 Å². The maximum atomic E-state index is 12.4. The molecule has 0 bridgehead atoms. The third kappa shape index (κ3) is 3.68. The van der Waals surface area contributed by atoms with Gasteiger partial charge < -0.3 is 14.7 Å². The van der Waals surface area contributed by atoms with Gasteiger partial charge >= 0.3 is 0 Å². The van der Waals surface area contributed by atoms with Gasteiger partial charge in [-0.1, -0.05) is 13.8 Å². The van der Waals surface area contributed by atoms with Gasteiger partial charge in [0.15, 0.2) is 0 Å². The van der Waals surface area contributed by atoms with Crippen molar-refractivity contribution in [3.05, 3.63) is 0 Å². The number of ether oxygens (including phenoxy) is 1. The SMILES string of the molecule is CCC(CC)N(CCO)C(=O)C1COC(C)C1. The normalized spacial score (nSPS) is 24.3. The predicted octanol–water partition coefficient (Wildman–Crippen LogP) is 1.42. The van der Waals surface area contributed by atoms with E-state index in [0.29, 0.717) is 13.2 Å². The Morgan fingerprint density at radius 2 is 2.12 bits per heavy atom. The van der Waals surface area contributed by atoms with Gasteiger partial charge in [-0.25, -0.2) is 0 Å². The Labute approximate surface area is 104 Å². The van der Waals surface area contributed by atoms with Crippen molar-refractivity contribution >= 4 is 5.91 Å². The second-order valence-corrected chi connectivity index (χ2v) is 4.80. The summed E-state index contributed by atoms with van der Waals surface area (Å²) >= 11 is 0. The van der Waals surface area contributed by atoms with E-state index in [1.807, 2.05) is 11.8 Å². The molecule has 1 saturated heterocycles. The van der Waals surface area contributed by atoms with Gasteiger partial charge in [0, 0.05) is 12.6 Å². The maximum absolute atomic E-state index is 12.4. The van der Waals surface area contributed by atoms with Crippen LogP contribution in [-0.4, -0.2) is 47.8 Å². The number of hydrogen-bond donors (Lipinski definition) is 1. The topological polar surface area (TPSA) is 49.8 Å². The quantitative estimate of drug-likeness (QED) is 0.767. The summed E-state index contributed by atoms with van der Waals surface area (Å²) in [6, 6.07) is 0.241. The molecule has 1 heterocycles. The number of hydrogen-bond acceptors (Lipinski definition) is 3. The average molecular weight is 243 g/mol. The summed E-state index contributed by atoms with van der Waals surface area (Å²) < 4.78 is 5.45. The van der Waals surface area contributed by atoms with Crippen LogP contribution in [0, 0.1) is 5.92 Å². The van der Waals surface area contributed by atoms with Crippen LogP contribution < -0.4 is 0 Å². The van der Waals surface area contributed by atoms with Gasteiger partial charge in [-0.15, -0.1) is 0 Å². The zero-order chi connectivity index (χ0) is 12.8. The smallest absolute Gasteiger partial charge is 0.228 e. The van der Waals surface area contributed by atoms with Crippen LogP contribution in [0.4, 0.5) is 0 Å². The molecule has 100 valence electrons. The van der Waals surface area contributed by atoms with Gasteiger partial charge in [-0.2, -0.15) is 0 Å². The highest BCUT2D eigenvalue weighted by Crippen LogP contribution is 2.23. The van der Waals surface area contributed by atoms with E-state index < -0.39 is 0 Å². The number of nitrogens with zero attached hydrogens (tertiary/aromatic N) is 1. The van der Waals surface area contributed by atoms with Crippen molar-refractivity contribution in [3.63, 3.8) is 0 Å². The van der Waals surface area contributed by atoms with Crippen LogP contribution >= 0.6 is 0 Å². The second-order valence-electron chi connectivity index (χ2n) is 4.80. The zero-order valence-corrected chi connectivity index (χ0v) is 11.2. The molecule has 0 saturated carbocycles. The van der Waals surface area contributed by atoms with Crippen molar-refractivity contribution < 1.29 is 14.6 Å². The molecule has 4 nitrogen and oxygen atoms in total. The van der Waals surface area contributed by atoms with Gasteiger partial charge in [0.2, 0.25) is 5.91 Å². The monoisotopic (exact) mass is 243 g/mol. The minimum atomic E-state index is -0.0165. The van der Waals surface area contributed by atoms with Crippen molar-refractivity contribution in [2.75, 3.05) is 19.8 Å². The first-order valence-electron chi connectivity index (χ1n) is 6.66. The highest BCUT2D eigenvalue weighted by atomic mass is 16.5. The lowest BCUT2D eigenvalue weighted by atomic mass is 10.0.